The van der Waals surface area contributed by atoms with Gasteiger partial charge in [-0.3, -0.25) is 9.59 Å². The van der Waals surface area contributed by atoms with Gasteiger partial charge < -0.3 is 25.4 Å². The molecule has 0 spiro atoms. The second-order valence-corrected chi connectivity index (χ2v) is 6.15. The van der Waals surface area contributed by atoms with Gasteiger partial charge in [0.05, 0.1) is 13.2 Å². The molecule has 2 amide bonds. The SMILES string of the molecule is CCC(=O)Nc1cccc(NCC(=O)Nc2cccc(OCCOC)c2)c1C. The molecular weight excluding hydrogens is 358 g/mol. The number of anilines is 3. The van der Waals surface area contributed by atoms with Gasteiger partial charge in [0.15, 0.2) is 0 Å². The van der Waals surface area contributed by atoms with Crippen LogP contribution in [0.25, 0.3) is 0 Å². The van der Waals surface area contributed by atoms with Crippen LogP contribution in [-0.2, 0) is 14.3 Å². The first-order chi connectivity index (χ1) is 13.5. The number of benzene rings is 2. The third kappa shape index (κ3) is 6.59. The first kappa shape index (κ1) is 21.2. The minimum atomic E-state index is -0.184. The molecule has 2 rings (SSSR count). The van der Waals surface area contributed by atoms with E-state index in [0.29, 0.717) is 31.1 Å². The molecule has 28 heavy (non-hydrogen) atoms. The highest BCUT2D eigenvalue weighted by atomic mass is 16.5. The van der Waals surface area contributed by atoms with Crippen molar-refractivity contribution < 1.29 is 19.1 Å². The Bertz CT molecular complexity index is 808. The number of hydrogen-bond acceptors (Lipinski definition) is 5. The summed E-state index contributed by atoms with van der Waals surface area (Å²) in [5.41, 5.74) is 3.06. The van der Waals surface area contributed by atoms with Crippen LogP contribution >= 0.6 is 0 Å². The average molecular weight is 385 g/mol. The van der Waals surface area contributed by atoms with Crippen molar-refractivity contribution in [2.24, 2.45) is 0 Å². The van der Waals surface area contributed by atoms with Crippen LogP contribution in [0.4, 0.5) is 17.1 Å². The molecule has 0 radical (unpaired) electrons. The summed E-state index contributed by atoms with van der Waals surface area (Å²) in [7, 11) is 1.61. The van der Waals surface area contributed by atoms with Gasteiger partial charge in [-0.05, 0) is 36.8 Å². The second kappa shape index (κ2) is 10.9. The van der Waals surface area contributed by atoms with Crippen molar-refractivity contribution in [1.82, 2.24) is 0 Å². The van der Waals surface area contributed by atoms with Crippen LogP contribution in [0.5, 0.6) is 5.75 Å². The topological polar surface area (TPSA) is 88.7 Å². The molecule has 0 fully saturated rings. The lowest BCUT2D eigenvalue weighted by atomic mass is 10.1. The molecule has 7 heteroatoms. The minimum Gasteiger partial charge on any atom is -0.491 e. The fraction of sp³-hybridized carbons (Fsp3) is 0.333. The third-order valence-corrected chi connectivity index (χ3v) is 4.04. The first-order valence-electron chi connectivity index (χ1n) is 9.18. The number of nitrogens with one attached hydrogen (secondary N) is 3. The van der Waals surface area contributed by atoms with E-state index >= 15 is 0 Å². The Hall–Kier alpha value is -3.06. The number of amides is 2. The van der Waals surface area contributed by atoms with Gasteiger partial charge in [0, 0.05) is 36.7 Å². The van der Waals surface area contributed by atoms with Crippen molar-refractivity contribution in [2.45, 2.75) is 20.3 Å². The van der Waals surface area contributed by atoms with Gasteiger partial charge in [-0.15, -0.1) is 0 Å². The molecular formula is C21H27N3O4. The van der Waals surface area contributed by atoms with E-state index in [9.17, 15) is 9.59 Å². The molecule has 0 aromatic heterocycles. The van der Waals surface area contributed by atoms with E-state index in [2.05, 4.69) is 16.0 Å². The summed E-state index contributed by atoms with van der Waals surface area (Å²) in [4.78, 5) is 23.9. The molecule has 2 aromatic rings. The average Bonchev–Trinajstić information content (AvgIpc) is 2.69. The molecule has 0 unspecified atom stereocenters. The summed E-state index contributed by atoms with van der Waals surface area (Å²) in [6, 6.07) is 12.7. The van der Waals surface area contributed by atoms with Gasteiger partial charge in [0.1, 0.15) is 12.4 Å². The first-order valence-corrected chi connectivity index (χ1v) is 9.18. The highest BCUT2D eigenvalue weighted by Crippen LogP contribution is 2.23. The van der Waals surface area contributed by atoms with Gasteiger partial charge in [-0.1, -0.05) is 19.1 Å². The molecule has 0 atom stereocenters. The van der Waals surface area contributed by atoms with Crippen molar-refractivity contribution in [1.29, 1.82) is 0 Å². The summed E-state index contributed by atoms with van der Waals surface area (Å²) < 4.78 is 10.5. The normalized spacial score (nSPS) is 10.2. The Morgan fingerprint density at radius 2 is 1.71 bits per heavy atom. The van der Waals surface area contributed by atoms with Crippen LogP contribution in [0.15, 0.2) is 42.5 Å². The molecule has 0 heterocycles. The Kier molecular flexibility index (Phi) is 8.30. The maximum Gasteiger partial charge on any atom is 0.243 e. The lowest BCUT2D eigenvalue weighted by Crippen LogP contribution is -2.22. The van der Waals surface area contributed by atoms with E-state index in [0.717, 1.165) is 16.9 Å². The summed E-state index contributed by atoms with van der Waals surface area (Å²) >= 11 is 0. The number of carbonyl (C=O) groups is 2. The molecule has 150 valence electrons. The van der Waals surface area contributed by atoms with Gasteiger partial charge in [-0.2, -0.15) is 0 Å². The quantitative estimate of drug-likeness (QED) is 0.546. The standard InChI is InChI=1S/C21H27N3O4/c1-4-20(25)24-19-10-6-9-18(15(19)2)22-14-21(26)23-16-7-5-8-17(13-16)28-12-11-27-3/h5-10,13,22H,4,11-12,14H2,1-3H3,(H,23,26)(H,24,25). The van der Waals surface area contributed by atoms with E-state index in [1.54, 1.807) is 26.2 Å². The van der Waals surface area contributed by atoms with Crippen LogP contribution in [0, 0.1) is 6.92 Å². The van der Waals surface area contributed by atoms with Crippen molar-refractivity contribution >= 4 is 28.9 Å². The summed E-state index contributed by atoms with van der Waals surface area (Å²) in [5.74, 6) is 0.431. The highest BCUT2D eigenvalue weighted by molar-refractivity contribution is 5.95. The van der Waals surface area contributed by atoms with Crippen molar-refractivity contribution in [3.8, 4) is 5.75 Å². The third-order valence-electron chi connectivity index (χ3n) is 4.04. The number of methoxy groups -OCH3 is 1. The predicted molar refractivity (Wildman–Crippen MR) is 111 cm³/mol. The van der Waals surface area contributed by atoms with E-state index < -0.39 is 0 Å². The molecule has 0 saturated heterocycles. The summed E-state index contributed by atoms with van der Waals surface area (Å²) in [6.45, 7) is 4.74. The van der Waals surface area contributed by atoms with E-state index in [1.165, 1.54) is 0 Å². The van der Waals surface area contributed by atoms with Crippen molar-refractivity contribution in [3.63, 3.8) is 0 Å². The zero-order valence-electron chi connectivity index (χ0n) is 16.5. The number of rotatable bonds is 10. The predicted octanol–water partition coefficient (Wildman–Crippen LogP) is 3.42. The van der Waals surface area contributed by atoms with Crippen LogP contribution in [0.2, 0.25) is 0 Å². The largest absolute Gasteiger partial charge is 0.491 e. The van der Waals surface area contributed by atoms with Crippen molar-refractivity contribution in [3.05, 3.63) is 48.0 Å². The maximum absolute atomic E-state index is 12.3. The number of carbonyl (C=O) groups excluding carboxylic acids is 2. The number of hydrogen-bond donors (Lipinski definition) is 3. The Balaban J connectivity index is 1.91. The summed E-state index contributed by atoms with van der Waals surface area (Å²) in [5, 5.41) is 8.80. The Morgan fingerprint density at radius 3 is 2.46 bits per heavy atom. The van der Waals surface area contributed by atoms with Gasteiger partial charge in [0.25, 0.3) is 0 Å². The molecule has 0 aliphatic carbocycles. The monoisotopic (exact) mass is 385 g/mol. The van der Waals surface area contributed by atoms with Crippen LogP contribution in [0.3, 0.4) is 0 Å². The maximum atomic E-state index is 12.3. The van der Waals surface area contributed by atoms with Gasteiger partial charge >= 0.3 is 0 Å². The fourth-order valence-corrected chi connectivity index (χ4v) is 2.49. The zero-order valence-corrected chi connectivity index (χ0v) is 16.5. The molecule has 7 nitrogen and oxygen atoms in total. The van der Waals surface area contributed by atoms with Crippen LogP contribution in [-0.4, -0.2) is 38.7 Å². The lowest BCUT2D eigenvalue weighted by Gasteiger charge is -2.14. The molecule has 3 N–H and O–H groups in total. The van der Waals surface area contributed by atoms with E-state index in [-0.39, 0.29) is 18.4 Å². The molecule has 0 saturated carbocycles. The van der Waals surface area contributed by atoms with E-state index in [1.807, 2.05) is 37.3 Å². The second-order valence-electron chi connectivity index (χ2n) is 6.15. The molecule has 0 aliphatic heterocycles. The van der Waals surface area contributed by atoms with Gasteiger partial charge in [-0.25, -0.2) is 0 Å². The smallest absolute Gasteiger partial charge is 0.243 e. The molecule has 0 bridgehead atoms. The zero-order chi connectivity index (χ0) is 20.4. The Labute approximate surface area is 165 Å². The molecule has 0 aliphatic rings. The fourth-order valence-electron chi connectivity index (χ4n) is 2.49. The lowest BCUT2D eigenvalue weighted by molar-refractivity contribution is -0.116. The van der Waals surface area contributed by atoms with Gasteiger partial charge in [0.2, 0.25) is 11.8 Å². The Morgan fingerprint density at radius 1 is 0.964 bits per heavy atom. The van der Waals surface area contributed by atoms with Crippen LogP contribution in [0.1, 0.15) is 18.9 Å². The number of ether oxygens (including phenoxy) is 2. The van der Waals surface area contributed by atoms with E-state index in [4.69, 9.17) is 9.47 Å². The summed E-state index contributed by atoms with van der Waals surface area (Å²) in [6.07, 6.45) is 0.410. The van der Waals surface area contributed by atoms with Crippen molar-refractivity contribution in [2.75, 3.05) is 42.8 Å². The minimum absolute atomic E-state index is 0.0504. The molecule has 2 aromatic carbocycles. The highest BCUT2D eigenvalue weighted by Gasteiger charge is 2.08. The van der Waals surface area contributed by atoms with Crippen LogP contribution < -0.4 is 20.7 Å².